The van der Waals surface area contributed by atoms with Crippen LogP contribution in [-0.4, -0.2) is 16.7 Å². The third kappa shape index (κ3) is 4.58. The maximum absolute atomic E-state index is 12.1. The molecule has 0 unspecified atom stereocenters. The van der Waals surface area contributed by atoms with E-state index < -0.39 is 16.7 Å². The number of nitrogens with zero attached hydrogens (tertiary/aromatic N) is 1. The van der Waals surface area contributed by atoms with Crippen molar-refractivity contribution in [3.63, 3.8) is 0 Å². The van der Waals surface area contributed by atoms with Crippen LogP contribution >= 0.6 is 11.6 Å². The lowest BCUT2D eigenvalue weighted by atomic mass is 9.87. The topological polar surface area (TPSA) is 101 Å². The zero-order valence-corrected chi connectivity index (χ0v) is 15.3. The van der Waals surface area contributed by atoms with E-state index in [-0.39, 0.29) is 21.7 Å². The largest absolute Gasteiger partial charge is 0.271 e. The van der Waals surface area contributed by atoms with Gasteiger partial charge in [0.1, 0.15) is 0 Å². The molecule has 0 bridgehead atoms. The molecule has 0 fully saturated rings. The summed E-state index contributed by atoms with van der Waals surface area (Å²) >= 11 is 5.89. The Bertz CT molecular complexity index is 858. The molecule has 136 valence electrons. The van der Waals surface area contributed by atoms with Gasteiger partial charge in [0.2, 0.25) is 0 Å². The van der Waals surface area contributed by atoms with E-state index in [0.717, 1.165) is 11.6 Å². The Kier molecular flexibility index (Phi) is 5.62. The first kappa shape index (κ1) is 19.4. The number of non-ortho nitro benzene ring substituents is 1. The summed E-state index contributed by atoms with van der Waals surface area (Å²) in [6, 6.07) is 10.5. The molecule has 0 radical (unpaired) electrons. The SMILES string of the molecule is CC(C)(C)c1ccc(C(=O)NNC(=O)c2cc([N+](=O)[O-])ccc2Cl)cc1. The lowest BCUT2D eigenvalue weighted by Crippen LogP contribution is -2.41. The number of halogens is 1. The maximum atomic E-state index is 12.1. The minimum absolute atomic E-state index is 0.0388. The van der Waals surface area contributed by atoms with Crippen molar-refractivity contribution in [2.45, 2.75) is 26.2 Å². The number of hydrogen-bond donors (Lipinski definition) is 2. The molecule has 0 saturated heterocycles. The number of carbonyl (C=O) groups excluding carboxylic acids is 2. The highest BCUT2D eigenvalue weighted by Crippen LogP contribution is 2.23. The van der Waals surface area contributed by atoms with Gasteiger partial charge in [-0.1, -0.05) is 44.5 Å². The average Bonchev–Trinajstić information content (AvgIpc) is 2.58. The van der Waals surface area contributed by atoms with Crippen molar-refractivity contribution in [3.8, 4) is 0 Å². The van der Waals surface area contributed by atoms with Crippen molar-refractivity contribution in [3.05, 3.63) is 74.3 Å². The predicted molar refractivity (Wildman–Crippen MR) is 98.2 cm³/mol. The average molecular weight is 376 g/mol. The van der Waals surface area contributed by atoms with Crippen LogP contribution in [0.5, 0.6) is 0 Å². The van der Waals surface area contributed by atoms with Gasteiger partial charge in [-0.2, -0.15) is 0 Å². The molecule has 0 saturated carbocycles. The third-order valence-electron chi connectivity index (χ3n) is 3.71. The van der Waals surface area contributed by atoms with Crippen LogP contribution in [0.4, 0.5) is 5.69 Å². The summed E-state index contributed by atoms with van der Waals surface area (Å²) in [7, 11) is 0. The zero-order chi connectivity index (χ0) is 19.5. The fourth-order valence-corrected chi connectivity index (χ4v) is 2.38. The monoisotopic (exact) mass is 375 g/mol. The second kappa shape index (κ2) is 7.53. The van der Waals surface area contributed by atoms with Gasteiger partial charge < -0.3 is 0 Å². The van der Waals surface area contributed by atoms with Gasteiger partial charge in [-0.05, 0) is 29.2 Å². The Morgan fingerprint density at radius 2 is 1.58 bits per heavy atom. The van der Waals surface area contributed by atoms with Crippen molar-refractivity contribution >= 4 is 29.1 Å². The van der Waals surface area contributed by atoms with E-state index in [2.05, 4.69) is 31.6 Å². The van der Waals surface area contributed by atoms with Gasteiger partial charge in [0.25, 0.3) is 17.5 Å². The standard InChI is InChI=1S/C18H18ClN3O4/c1-18(2,3)12-6-4-11(5-7-12)16(23)20-21-17(24)14-10-13(22(25)26)8-9-15(14)19/h4-10H,1-3H3,(H,20,23)(H,21,24). The third-order valence-corrected chi connectivity index (χ3v) is 4.04. The van der Waals surface area contributed by atoms with Gasteiger partial charge in [-0.25, -0.2) is 0 Å². The molecule has 26 heavy (non-hydrogen) atoms. The fraction of sp³-hybridized carbons (Fsp3) is 0.222. The summed E-state index contributed by atoms with van der Waals surface area (Å²) in [4.78, 5) is 34.4. The van der Waals surface area contributed by atoms with Crippen LogP contribution < -0.4 is 10.9 Å². The molecule has 2 aromatic carbocycles. The summed E-state index contributed by atoms with van der Waals surface area (Å²) in [5.41, 5.74) is 5.48. The molecule has 0 aliphatic heterocycles. The molecule has 0 aliphatic carbocycles. The molecule has 2 rings (SSSR count). The molecule has 0 aliphatic rings. The highest BCUT2D eigenvalue weighted by molar-refractivity contribution is 6.34. The predicted octanol–water partition coefficient (Wildman–Crippen LogP) is 3.62. The Morgan fingerprint density at radius 3 is 2.12 bits per heavy atom. The smallest absolute Gasteiger partial charge is 0.267 e. The van der Waals surface area contributed by atoms with Crippen LogP contribution in [0.3, 0.4) is 0 Å². The van der Waals surface area contributed by atoms with Crippen LogP contribution in [0, 0.1) is 10.1 Å². The second-order valence-electron chi connectivity index (χ2n) is 6.66. The maximum Gasteiger partial charge on any atom is 0.271 e. The summed E-state index contributed by atoms with van der Waals surface area (Å²) in [5, 5.41) is 10.8. The van der Waals surface area contributed by atoms with Crippen LogP contribution in [0.1, 0.15) is 47.1 Å². The first-order valence-corrected chi connectivity index (χ1v) is 8.12. The number of nitrogens with one attached hydrogen (secondary N) is 2. The lowest BCUT2D eigenvalue weighted by molar-refractivity contribution is -0.384. The van der Waals surface area contributed by atoms with Crippen molar-refractivity contribution in [1.29, 1.82) is 0 Å². The van der Waals surface area contributed by atoms with Crippen LogP contribution in [0.15, 0.2) is 42.5 Å². The molecule has 8 heteroatoms. The van der Waals surface area contributed by atoms with Crippen molar-refractivity contribution in [1.82, 2.24) is 10.9 Å². The van der Waals surface area contributed by atoms with E-state index in [4.69, 9.17) is 11.6 Å². The highest BCUT2D eigenvalue weighted by Gasteiger charge is 2.17. The minimum Gasteiger partial charge on any atom is -0.267 e. The van der Waals surface area contributed by atoms with Gasteiger partial charge >= 0.3 is 0 Å². The highest BCUT2D eigenvalue weighted by atomic mass is 35.5. The summed E-state index contributed by atoms with van der Waals surface area (Å²) in [6.45, 7) is 6.18. The molecule has 2 amide bonds. The number of rotatable bonds is 3. The Labute approximate surface area is 155 Å². The fourth-order valence-electron chi connectivity index (χ4n) is 2.18. The van der Waals surface area contributed by atoms with Crippen LogP contribution in [0.25, 0.3) is 0 Å². The first-order valence-electron chi connectivity index (χ1n) is 7.75. The summed E-state index contributed by atoms with van der Waals surface area (Å²) in [5.74, 6) is -1.27. The zero-order valence-electron chi connectivity index (χ0n) is 14.5. The van der Waals surface area contributed by atoms with Crippen LogP contribution in [-0.2, 0) is 5.41 Å². The van der Waals surface area contributed by atoms with Crippen molar-refractivity contribution in [2.75, 3.05) is 0 Å². The van der Waals surface area contributed by atoms with E-state index in [1.165, 1.54) is 12.1 Å². The molecule has 0 aromatic heterocycles. The number of carbonyl (C=O) groups is 2. The Balaban J connectivity index is 2.06. The number of nitro groups is 1. The normalized spacial score (nSPS) is 10.9. The molecule has 7 nitrogen and oxygen atoms in total. The van der Waals surface area contributed by atoms with Crippen LogP contribution in [0.2, 0.25) is 5.02 Å². The van der Waals surface area contributed by atoms with E-state index in [0.29, 0.717) is 5.56 Å². The Morgan fingerprint density at radius 1 is 1.00 bits per heavy atom. The quantitative estimate of drug-likeness (QED) is 0.631. The number of hydrazine groups is 1. The van der Waals surface area contributed by atoms with Gasteiger partial charge in [-0.15, -0.1) is 0 Å². The minimum atomic E-state index is -0.752. The van der Waals surface area contributed by atoms with E-state index >= 15 is 0 Å². The summed E-state index contributed by atoms with van der Waals surface area (Å²) < 4.78 is 0. The number of hydrogen-bond acceptors (Lipinski definition) is 4. The molecular weight excluding hydrogens is 358 g/mol. The number of amides is 2. The van der Waals surface area contributed by atoms with Crippen molar-refractivity contribution in [2.24, 2.45) is 0 Å². The molecule has 0 spiro atoms. The van der Waals surface area contributed by atoms with Gasteiger partial charge in [0.05, 0.1) is 15.5 Å². The van der Waals surface area contributed by atoms with E-state index in [9.17, 15) is 19.7 Å². The van der Waals surface area contributed by atoms with Crippen molar-refractivity contribution < 1.29 is 14.5 Å². The Hall–Kier alpha value is -2.93. The lowest BCUT2D eigenvalue weighted by Gasteiger charge is -2.19. The van der Waals surface area contributed by atoms with Gasteiger partial charge in [-0.3, -0.25) is 30.6 Å². The molecule has 2 aromatic rings. The molecule has 0 heterocycles. The van der Waals surface area contributed by atoms with Gasteiger partial charge in [0.15, 0.2) is 0 Å². The van der Waals surface area contributed by atoms with E-state index in [1.807, 2.05) is 12.1 Å². The van der Waals surface area contributed by atoms with Gasteiger partial charge in [0, 0.05) is 17.7 Å². The molecule has 2 N–H and O–H groups in total. The molecular formula is C18H18ClN3O4. The summed E-state index contributed by atoms with van der Waals surface area (Å²) in [6.07, 6.45) is 0. The number of nitro benzene ring substituents is 1. The second-order valence-corrected chi connectivity index (χ2v) is 7.06. The first-order chi connectivity index (χ1) is 12.1. The van der Waals surface area contributed by atoms with E-state index in [1.54, 1.807) is 12.1 Å². The number of benzene rings is 2. The molecule has 0 atom stereocenters.